The molecule has 0 bridgehead atoms. The van der Waals surface area contributed by atoms with E-state index in [0.717, 1.165) is 31.3 Å². The van der Waals surface area contributed by atoms with Crippen molar-refractivity contribution in [3.8, 4) is 11.4 Å². The van der Waals surface area contributed by atoms with Crippen molar-refractivity contribution in [1.29, 1.82) is 0 Å². The summed E-state index contributed by atoms with van der Waals surface area (Å²) in [6.45, 7) is 3.51. The van der Waals surface area contributed by atoms with Crippen LogP contribution < -0.4 is 10.4 Å². The monoisotopic (exact) mass is 386 g/mol. The highest BCUT2D eigenvalue weighted by atomic mass is 16.5. The van der Waals surface area contributed by atoms with Gasteiger partial charge in [-0.1, -0.05) is 32.1 Å². The molecule has 1 unspecified atom stereocenters. The molecule has 7 heteroatoms. The number of aromatic amines is 1. The van der Waals surface area contributed by atoms with Crippen LogP contribution in [0.1, 0.15) is 50.5 Å². The van der Waals surface area contributed by atoms with Gasteiger partial charge in [0, 0.05) is 13.1 Å². The fourth-order valence-electron chi connectivity index (χ4n) is 4.30. The average molecular weight is 386 g/mol. The minimum absolute atomic E-state index is 0.188. The van der Waals surface area contributed by atoms with Gasteiger partial charge in [-0.3, -0.25) is 9.88 Å². The highest BCUT2D eigenvalue weighted by Crippen LogP contribution is 2.27. The van der Waals surface area contributed by atoms with Crippen LogP contribution in [0, 0.1) is 5.92 Å². The number of nitrogens with one attached hydrogen (secondary N) is 1. The number of ether oxygens (including phenoxy) is 2. The molecule has 0 amide bonds. The smallest absolute Gasteiger partial charge is 0.348 e. The molecule has 1 saturated carbocycles. The zero-order chi connectivity index (χ0) is 19.3. The van der Waals surface area contributed by atoms with Gasteiger partial charge >= 0.3 is 5.69 Å². The van der Waals surface area contributed by atoms with Gasteiger partial charge in [-0.2, -0.15) is 4.68 Å². The molecule has 1 saturated heterocycles. The Labute approximate surface area is 165 Å². The van der Waals surface area contributed by atoms with Gasteiger partial charge in [0.15, 0.2) is 5.82 Å². The van der Waals surface area contributed by atoms with Crippen molar-refractivity contribution in [2.45, 2.75) is 44.6 Å². The molecule has 4 rings (SSSR count). The topological polar surface area (TPSA) is 72.4 Å². The molecule has 2 aromatic rings. The minimum atomic E-state index is -0.247. The second-order valence-corrected chi connectivity index (χ2v) is 7.88. The Balaban J connectivity index is 1.40. The Morgan fingerprint density at radius 1 is 1.21 bits per heavy atom. The fraction of sp³-hybridized carbons (Fsp3) is 0.619. The van der Waals surface area contributed by atoms with Crippen LogP contribution in [-0.4, -0.2) is 53.0 Å². The van der Waals surface area contributed by atoms with E-state index in [4.69, 9.17) is 9.47 Å². The van der Waals surface area contributed by atoms with E-state index in [1.807, 2.05) is 24.3 Å². The molecule has 1 aliphatic carbocycles. The van der Waals surface area contributed by atoms with Crippen molar-refractivity contribution in [2.75, 3.05) is 33.4 Å². The van der Waals surface area contributed by atoms with Gasteiger partial charge in [0.2, 0.25) is 0 Å². The molecular formula is C21H30N4O3. The van der Waals surface area contributed by atoms with E-state index in [0.29, 0.717) is 18.1 Å². The fourth-order valence-corrected chi connectivity index (χ4v) is 4.30. The molecule has 152 valence electrons. The van der Waals surface area contributed by atoms with E-state index < -0.39 is 0 Å². The average Bonchev–Trinajstić information content (AvgIpc) is 3.15. The summed E-state index contributed by atoms with van der Waals surface area (Å²) in [6.07, 6.45) is 8.03. The van der Waals surface area contributed by atoms with Crippen LogP contribution in [-0.2, 0) is 4.74 Å². The van der Waals surface area contributed by atoms with Gasteiger partial charge in [0.05, 0.1) is 19.4 Å². The highest BCUT2D eigenvalue weighted by Gasteiger charge is 2.26. The summed E-state index contributed by atoms with van der Waals surface area (Å²) in [6, 6.07) is 7.28. The maximum Gasteiger partial charge on any atom is 0.348 e. The first-order chi connectivity index (χ1) is 13.7. The van der Waals surface area contributed by atoms with E-state index >= 15 is 0 Å². The third kappa shape index (κ3) is 4.47. The van der Waals surface area contributed by atoms with Crippen molar-refractivity contribution in [2.24, 2.45) is 5.92 Å². The quantitative estimate of drug-likeness (QED) is 0.826. The zero-order valence-electron chi connectivity index (χ0n) is 16.6. The lowest BCUT2D eigenvalue weighted by Gasteiger charge is -2.33. The number of nitrogens with zero attached hydrogens (tertiary/aromatic N) is 3. The van der Waals surface area contributed by atoms with E-state index in [9.17, 15) is 4.79 Å². The van der Waals surface area contributed by atoms with Crippen molar-refractivity contribution in [1.82, 2.24) is 19.7 Å². The summed E-state index contributed by atoms with van der Waals surface area (Å²) in [5.41, 5.74) is 0.460. The molecule has 1 aromatic carbocycles. The standard InChI is InChI=1S/C21H30N4O3/c1-27-18-9-7-17(8-10-18)25-21(26)22-20(23-25)19-15-24(13-14-28-19)12-11-16-5-3-2-4-6-16/h7-10,16,19H,2-6,11-15H2,1H3,(H,22,23,26). The van der Waals surface area contributed by atoms with Gasteiger partial charge in [-0.05, 0) is 43.1 Å². The lowest BCUT2D eigenvalue weighted by molar-refractivity contribution is -0.0360. The SMILES string of the molecule is COc1ccc(-n2nc(C3CN(CCC4CCCCC4)CCO3)[nH]c2=O)cc1. The summed E-state index contributed by atoms with van der Waals surface area (Å²) >= 11 is 0. The Kier molecular flexibility index (Phi) is 6.12. The van der Waals surface area contributed by atoms with Crippen molar-refractivity contribution >= 4 is 0 Å². The predicted molar refractivity (Wildman–Crippen MR) is 107 cm³/mol. The molecule has 0 radical (unpaired) electrons. The summed E-state index contributed by atoms with van der Waals surface area (Å²) in [5, 5.41) is 4.50. The first-order valence-electron chi connectivity index (χ1n) is 10.4. The second kappa shape index (κ2) is 8.92. The largest absolute Gasteiger partial charge is 0.497 e. The predicted octanol–water partition coefficient (Wildman–Crippen LogP) is 2.91. The lowest BCUT2D eigenvalue weighted by atomic mass is 9.87. The van der Waals surface area contributed by atoms with Gasteiger partial charge < -0.3 is 9.47 Å². The first-order valence-corrected chi connectivity index (χ1v) is 10.4. The number of benzene rings is 1. The van der Waals surface area contributed by atoms with E-state index in [-0.39, 0.29) is 11.8 Å². The third-order valence-corrected chi connectivity index (χ3v) is 5.99. The van der Waals surface area contributed by atoms with Crippen LogP contribution in [0.3, 0.4) is 0 Å². The molecule has 0 spiro atoms. The second-order valence-electron chi connectivity index (χ2n) is 7.88. The minimum Gasteiger partial charge on any atom is -0.497 e. The van der Waals surface area contributed by atoms with Crippen molar-refractivity contribution < 1.29 is 9.47 Å². The molecular weight excluding hydrogens is 356 g/mol. The van der Waals surface area contributed by atoms with E-state index in [1.54, 1.807) is 7.11 Å². The molecule has 1 N–H and O–H groups in total. The molecule has 7 nitrogen and oxygen atoms in total. The molecule has 1 aliphatic heterocycles. The van der Waals surface area contributed by atoms with Crippen LogP contribution in [0.25, 0.3) is 5.69 Å². The maximum atomic E-state index is 12.4. The van der Waals surface area contributed by atoms with E-state index in [2.05, 4.69) is 15.0 Å². The molecule has 1 aromatic heterocycles. The number of hydrogen-bond acceptors (Lipinski definition) is 5. The Morgan fingerprint density at radius 3 is 2.75 bits per heavy atom. The van der Waals surface area contributed by atoms with Crippen molar-refractivity contribution in [3.05, 3.63) is 40.6 Å². The van der Waals surface area contributed by atoms with Gasteiger partial charge in [0.1, 0.15) is 11.9 Å². The maximum absolute atomic E-state index is 12.4. The Hall–Kier alpha value is -2.12. The van der Waals surface area contributed by atoms with Crippen LogP contribution in [0.2, 0.25) is 0 Å². The van der Waals surface area contributed by atoms with Gasteiger partial charge in [-0.25, -0.2) is 4.79 Å². The van der Waals surface area contributed by atoms with Crippen LogP contribution in [0.5, 0.6) is 5.75 Å². The highest BCUT2D eigenvalue weighted by molar-refractivity contribution is 5.36. The normalized spacial score (nSPS) is 21.7. The first kappa shape index (κ1) is 19.2. The van der Waals surface area contributed by atoms with Gasteiger partial charge in [-0.15, -0.1) is 5.10 Å². The van der Waals surface area contributed by atoms with Crippen LogP contribution in [0.4, 0.5) is 0 Å². The number of H-pyrrole nitrogens is 1. The molecule has 2 heterocycles. The summed E-state index contributed by atoms with van der Waals surface area (Å²) in [4.78, 5) is 17.7. The molecule has 2 aliphatic rings. The molecule has 2 fully saturated rings. The third-order valence-electron chi connectivity index (χ3n) is 5.99. The molecule has 1 atom stereocenters. The zero-order valence-corrected chi connectivity index (χ0v) is 16.6. The van der Waals surface area contributed by atoms with Crippen LogP contribution in [0.15, 0.2) is 29.1 Å². The number of methoxy groups -OCH3 is 1. The van der Waals surface area contributed by atoms with Crippen LogP contribution >= 0.6 is 0 Å². The van der Waals surface area contributed by atoms with E-state index in [1.165, 1.54) is 43.2 Å². The number of aromatic nitrogens is 3. The molecule has 28 heavy (non-hydrogen) atoms. The van der Waals surface area contributed by atoms with Crippen molar-refractivity contribution in [3.63, 3.8) is 0 Å². The number of hydrogen-bond donors (Lipinski definition) is 1. The number of morpholine rings is 1. The Bertz CT molecular complexity index is 808. The summed E-state index contributed by atoms with van der Waals surface area (Å²) < 4.78 is 12.5. The summed E-state index contributed by atoms with van der Waals surface area (Å²) in [7, 11) is 1.62. The lowest BCUT2D eigenvalue weighted by Crippen LogP contribution is -2.39. The summed E-state index contributed by atoms with van der Waals surface area (Å²) in [5.74, 6) is 2.23. The van der Waals surface area contributed by atoms with Gasteiger partial charge in [0.25, 0.3) is 0 Å². The number of rotatable bonds is 6. The Morgan fingerprint density at radius 2 is 2.00 bits per heavy atom.